The predicted molar refractivity (Wildman–Crippen MR) is 81.3 cm³/mol. The van der Waals surface area contributed by atoms with Crippen LogP contribution in [0.4, 0.5) is 18.9 Å². The molecule has 0 atom stereocenters. The summed E-state index contributed by atoms with van der Waals surface area (Å²) in [6, 6.07) is 3.56. The Kier molecular flexibility index (Phi) is 4.68. The summed E-state index contributed by atoms with van der Waals surface area (Å²) < 4.78 is 39.5. The third kappa shape index (κ3) is 4.29. The third-order valence-electron chi connectivity index (χ3n) is 4.58. The van der Waals surface area contributed by atoms with Gasteiger partial charge in [0.05, 0.1) is 5.56 Å². The maximum atomic E-state index is 13.2. The summed E-state index contributed by atoms with van der Waals surface area (Å²) >= 11 is 0. The van der Waals surface area contributed by atoms with Gasteiger partial charge in [0.1, 0.15) is 5.69 Å². The molecule has 2 fully saturated rings. The molecule has 0 N–H and O–H groups in total. The zero-order chi connectivity index (χ0) is 16.4. The lowest BCUT2D eigenvalue weighted by atomic mass is 10.0. The van der Waals surface area contributed by atoms with Gasteiger partial charge in [-0.3, -0.25) is 4.90 Å². The molecule has 1 aromatic carbocycles. The molecule has 0 bridgehead atoms. The zero-order valence-corrected chi connectivity index (χ0v) is 12.9. The van der Waals surface area contributed by atoms with Crippen molar-refractivity contribution in [3.63, 3.8) is 0 Å². The Labute approximate surface area is 133 Å². The van der Waals surface area contributed by atoms with Crippen LogP contribution in [-0.2, 0) is 12.7 Å². The van der Waals surface area contributed by atoms with Crippen LogP contribution >= 0.6 is 0 Å². The molecule has 4 nitrogen and oxygen atoms in total. The molecule has 3 rings (SSSR count). The van der Waals surface area contributed by atoms with Gasteiger partial charge in [0, 0.05) is 39.3 Å². The van der Waals surface area contributed by atoms with Crippen molar-refractivity contribution in [2.75, 3.05) is 32.7 Å². The van der Waals surface area contributed by atoms with Crippen LogP contribution in [-0.4, -0.2) is 42.5 Å². The van der Waals surface area contributed by atoms with Gasteiger partial charge in [-0.2, -0.15) is 13.2 Å². The number of halogens is 3. The highest BCUT2D eigenvalue weighted by atomic mass is 19.4. The molecule has 1 saturated heterocycles. The lowest BCUT2D eigenvalue weighted by Gasteiger charge is -2.35. The average Bonchev–Trinajstić information content (AvgIpc) is 3.32. The van der Waals surface area contributed by atoms with Gasteiger partial charge in [0.25, 0.3) is 0 Å². The van der Waals surface area contributed by atoms with E-state index in [-0.39, 0.29) is 17.8 Å². The molecule has 1 saturated carbocycles. The van der Waals surface area contributed by atoms with E-state index in [4.69, 9.17) is 0 Å². The fraction of sp³-hybridized carbons (Fsp3) is 0.625. The number of alkyl halides is 3. The molecule has 1 aromatic rings. The summed E-state index contributed by atoms with van der Waals surface area (Å²) in [7, 11) is 0. The lowest BCUT2D eigenvalue weighted by molar-refractivity contribution is -0.138. The van der Waals surface area contributed by atoms with E-state index in [1.165, 1.54) is 25.0 Å². The zero-order valence-electron chi connectivity index (χ0n) is 12.9. The lowest BCUT2D eigenvalue weighted by Crippen LogP contribution is -2.46. The van der Waals surface area contributed by atoms with Crippen molar-refractivity contribution in [2.24, 2.45) is 11.1 Å². The number of hydrogen-bond donors (Lipinski definition) is 0. The number of benzene rings is 1. The first-order chi connectivity index (χ1) is 11.0. The van der Waals surface area contributed by atoms with E-state index in [0.717, 1.165) is 44.7 Å². The molecule has 0 radical (unpaired) electrons. The fourth-order valence-corrected chi connectivity index (χ4v) is 3.06. The van der Waals surface area contributed by atoms with Gasteiger partial charge < -0.3 is 4.90 Å². The van der Waals surface area contributed by atoms with Crippen molar-refractivity contribution in [2.45, 2.75) is 25.6 Å². The van der Waals surface area contributed by atoms with Gasteiger partial charge in [0.15, 0.2) is 0 Å². The Morgan fingerprint density at radius 2 is 1.74 bits per heavy atom. The van der Waals surface area contributed by atoms with Crippen LogP contribution in [0.3, 0.4) is 0 Å². The first-order valence-corrected chi connectivity index (χ1v) is 7.94. The Balaban J connectivity index is 1.64. The summed E-state index contributed by atoms with van der Waals surface area (Å²) in [4.78, 5) is 14.9. The van der Waals surface area contributed by atoms with Crippen molar-refractivity contribution < 1.29 is 13.2 Å². The first-order valence-electron chi connectivity index (χ1n) is 7.94. The Hall–Kier alpha value is -1.47. The molecule has 0 spiro atoms. The minimum absolute atomic E-state index is 0.185. The molecule has 0 unspecified atom stereocenters. The minimum atomic E-state index is -4.47. The maximum Gasteiger partial charge on any atom is 0.416 e. The van der Waals surface area contributed by atoms with Crippen LogP contribution in [0.5, 0.6) is 0 Å². The van der Waals surface area contributed by atoms with E-state index in [0.29, 0.717) is 0 Å². The Bertz CT molecular complexity index is 564. The number of piperazine rings is 1. The van der Waals surface area contributed by atoms with Gasteiger partial charge in [-0.25, -0.2) is 0 Å². The second kappa shape index (κ2) is 6.57. The summed E-state index contributed by atoms with van der Waals surface area (Å²) in [6.07, 6.45) is -1.84. The van der Waals surface area contributed by atoms with Crippen LogP contribution in [0.25, 0.3) is 0 Å². The molecule has 7 heteroatoms. The van der Waals surface area contributed by atoms with E-state index < -0.39 is 11.7 Å². The summed E-state index contributed by atoms with van der Waals surface area (Å²) in [5.74, 6) is 0.835. The van der Waals surface area contributed by atoms with Gasteiger partial charge in [-0.05, 0) is 41.6 Å². The quantitative estimate of drug-likeness (QED) is 0.775. The highest BCUT2D eigenvalue weighted by Gasteiger charge is 2.34. The number of rotatable bonds is 5. The monoisotopic (exact) mass is 327 g/mol. The van der Waals surface area contributed by atoms with Crippen molar-refractivity contribution in [1.82, 2.24) is 9.80 Å². The first kappa shape index (κ1) is 16.4. The molecule has 0 aromatic heterocycles. The number of hydrogen-bond acceptors (Lipinski definition) is 4. The van der Waals surface area contributed by atoms with Crippen LogP contribution in [0.1, 0.15) is 24.0 Å². The second-order valence-corrected chi connectivity index (χ2v) is 6.45. The molecule has 1 aliphatic carbocycles. The van der Waals surface area contributed by atoms with Gasteiger partial charge in [0.2, 0.25) is 0 Å². The molecule has 23 heavy (non-hydrogen) atoms. The maximum absolute atomic E-state index is 13.2. The summed E-state index contributed by atoms with van der Waals surface area (Å²) in [5, 5.41) is 2.61. The van der Waals surface area contributed by atoms with Crippen LogP contribution in [0.2, 0.25) is 0 Å². The molecule has 126 valence electrons. The van der Waals surface area contributed by atoms with Crippen molar-refractivity contribution in [3.8, 4) is 0 Å². The summed E-state index contributed by atoms with van der Waals surface area (Å²) in [5.41, 5.74) is -0.731. The fourth-order valence-electron chi connectivity index (χ4n) is 3.06. The van der Waals surface area contributed by atoms with E-state index in [9.17, 15) is 18.1 Å². The van der Waals surface area contributed by atoms with E-state index in [1.807, 2.05) is 4.90 Å². The van der Waals surface area contributed by atoms with Gasteiger partial charge in [-0.1, -0.05) is 6.07 Å². The van der Waals surface area contributed by atoms with Crippen molar-refractivity contribution in [1.29, 1.82) is 0 Å². The topological polar surface area (TPSA) is 35.9 Å². The molecule has 1 heterocycles. The van der Waals surface area contributed by atoms with Crippen LogP contribution < -0.4 is 0 Å². The minimum Gasteiger partial charge on any atom is -0.301 e. The van der Waals surface area contributed by atoms with Crippen molar-refractivity contribution in [3.05, 3.63) is 34.2 Å². The largest absolute Gasteiger partial charge is 0.416 e. The van der Waals surface area contributed by atoms with Crippen LogP contribution in [0, 0.1) is 10.8 Å². The molecule has 2 aliphatic rings. The van der Waals surface area contributed by atoms with Crippen molar-refractivity contribution >= 4 is 5.69 Å². The Morgan fingerprint density at radius 1 is 1.09 bits per heavy atom. The number of nitroso groups, excluding NO2 is 1. The summed E-state index contributed by atoms with van der Waals surface area (Å²) in [6.45, 7) is 4.75. The molecule has 1 aliphatic heterocycles. The molecular weight excluding hydrogens is 307 g/mol. The average molecular weight is 327 g/mol. The predicted octanol–water partition coefficient (Wildman–Crippen LogP) is 3.63. The SMILES string of the molecule is O=Nc1ccc(CN2CCN(CC3CC3)CC2)c(C(F)(F)F)c1. The van der Waals surface area contributed by atoms with E-state index >= 15 is 0 Å². The smallest absolute Gasteiger partial charge is 0.301 e. The second-order valence-electron chi connectivity index (χ2n) is 6.45. The third-order valence-corrected chi connectivity index (χ3v) is 4.58. The Morgan fingerprint density at radius 3 is 2.30 bits per heavy atom. The van der Waals surface area contributed by atoms with E-state index in [1.54, 1.807) is 0 Å². The highest BCUT2D eigenvalue weighted by molar-refractivity contribution is 5.45. The highest BCUT2D eigenvalue weighted by Crippen LogP contribution is 2.35. The standard InChI is InChI=1S/C16H20F3N3O/c17-16(18,19)15-9-14(20-23)4-3-13(15)11-22-7-5-21(6-8-22)10-12-1-2-12/h3-4,9,12H,1-2,5-8,10-11H2. The van der Waals surface area contributed by atoms with Gasteiger partial charge >= 0.3 is 6.18 Å². The van der Waals surface area contributed by atoms with E-state index in [2.05, 4.69) is 10.1 Å². The molecular formula is C16H20F3N3O. The molecule has 0 amide bonds. The number of nitrogens with zero attached hydrogens (tertiary/aromatic N) is 3. The normalized spacial score (nSPS) is 20.7. The van der Waals surface area contributed by atoms with Gasteiger partial charge in [-0.15, -0.1) is 4.91 Å². The van der Waals surface area contributed by atoms with Crippen LogP contribution in [0.15, 0.2) is 23.4 Å².